The van der Waals surface area contributed by atoms with Gasteiger partial charge in [-0.1, -0.05) is 0 Å². The lowest BCUT2D eigenvalue weighted by atomic mass is 9.83. The molecule has 0 atom stereocenters. The van der Waals surface area contributed by atoms with Gasteiger partial charge in [0.25, 0.3) is 0 Å². The first-order valence-electron chi connectivity index (χ1n) is 13.7. The van der Waals surface area contributed by atoms with Crippen LogP contribution in [0.5, 0.6) is 5.88 Å². The van der Waals surface area contributed by atoms with Crippen LogP contribution in [-0.4, -0.2) is 90.4 Å². The zero-order valence-electron chi connectivity index (χ0n) is 23.0. The number of H-pyrrole nitrogens is 1. The van der Waals surface area contributed by atoms with Crippen LogP contribution in [0.4, 0.5) is 13.2 Å². The summed E-state index contributed by atoms with van der Waals surface area (Å²) in [6.45, 7) is 2.27. The van der Waals surface area contributed by atoms with Crippen molar-refractivity contribution in [1.29, 1.82) is 0 Å². The lowest BCUT2D eigenvalue weighted by Gasteiger charge is -2.53. The number of nitrogens with zero attached hydrogens (tertiary/aromatic N) is 8. The number of halogens is 3. The molecule has 14 heteroatoms. The van der Waals surface area contributed by atoms with E-state index in [1.54, 1.807) is 19.0 Å². The third-order valence-electron chi connectivity index (χ3n) is 8.01. The fourth-order valence-corrected chi connectivity index (χ4v) is 5.91. The Balaban J connectivity index is 1.07. The van der Waals surface area contributed by atoms with E-state index in [1.807, 2.05) is 29.3 Å². The summed E-state index contributed by atoms with van der Waals surface area (Å²) in [6.07, 6.45) is 5.60. The number of rotatable bonds is 8. The molecule has 4 aromatic rings. The molecule has 1 saturated heterocycles. The summed E-state index contributed by atoms with van der Waals surface area (Å²) < 4.78 is 48.1. The molecule has 218 valence electrons. The molecule has 1 saturated carbocycles. The second-order valence-electron chi connectivity index (χ2n) is 11.3. The minimum absolute atomic E-state index is 0.0196. The standard InChI is InChI=1S/C27H33F3N10O/c1-38(2)12-18-9-22(37-25(36-18)27(28,29)30)41-20-5-3-19(4-6-20)39-14-26(13-31,15-39)40-11-17(10-35-40)23-21-7-8-32-24(21)34-16-33-23/h7-11,16,19-20H,3-6,12-15,31H2,1-2H3,(H,32,33,34)/t19-,20+. The van der Waals surface area contributed by atoms with E-state index in [1.165, 1.54) is 12.4 Å². The molecule has 41 heavy (non-hydrogen) atoms. The van der Waals surface area contributed by atoms with Crippen molar-refractivity contribution in [2.45, 2.75) is 56.1 Å². The number of aromatic nitrogens is 7. The number of ether oxygens (including phenoxy) is 1. The van der Waals surface area contributed by atoms with Crippen LogP contribution in [0.25, 0.3) is 22.3 Å². The molecule has 1 aliphatic heterocycles. The minimum atomic E-state index is -4.64. The molecule has 0 amide bonds. The molecule has 5 heterocycles. The predicted molar refractivity (Wildman–Crippen MR) is 145 cm³/mol. The van der Waals surface area contributed by atoms with Crippen molar-refractivity contribution >= 4 is 11.0 Å². The molecule has 2 fully saturated rings. The second kappa shape index (κ2) is 10.7. The number of hydrogen-bond donors (Lipinski definition) is 2. The quantitative estimate of drug-likeness (QED) is 0.329. The number of fused-ring (bicyclic) bond motifs is 1. The Morgan fingerprint density at radius 2 is 1.93 bits per heavy atom. The largest absolute Gasteiger partial charge is 0.474 e. The monoisotopic (exact) mass is 570 g/mol. The van der Waals surface area contributed by atoms with E-state index in [9.17, 15) is 13.2 Å². The Bertz CT molecular complexity index is 1500. The van der Waals surface area contributed by atoms with Gasteiger partial charge >= 0.3 is 6.18 Å². The average molecular weight is 571 g/mol. The highest BCUT2D eigenvalue weighted by atomic mass is 19.4. The second-order valence-corrected chi connectivity index (χ2v) is 11.3. The highest BCUT2D eigenvalue weighted by molar-refractivity contribution is 5.89. The van der Waals surface area contributed by atoms with Crippen LogP contribution in [-0.2, 0) is 18.3 Å². The van der Waals surface area contributed by atoms with E-state index in [0.717, 1.165) is 61.1 Å². The van der Waals surface area contributed by atoms with E-state index in [4.69, 9.17) is 10.5 Å². The van der Waals surface area contributed by atoms with Crippen LogP contribution in [0.1, 0.15) is 37.2 Å². The first-order valence-corrected chi connectivity index (χ1v) is 13.7. The molecule has 2 aliphatic rings. The van der Waals surface area contributed by atoms with Crippen molar-refractivity contribution in [3.8, 4) is 17.1 Å². The first kappa shape index (κ1) is 27.5. The highest BCUT2D eigenvalue weighted by Crippen LogP contribution is 2.37. The molecule has 4 aromatic heterocycles. The lowest BCUT2D eigenvalue weighted by molar-refractivity contribution is -0.145. The maximum atomic E-state index is 13.4. The minimum Gasteiger partial charge on any atom is -0.474 e. The summed E-state index contributed by atoms with van der Waals surface area (Å²) in [7, 11) is 3.55. The molecule has 11 nitrogen and oxygen atoms in total. The van der Waals surface area contributed by atoms with Gasteiger partial charge in [0, 0.05) is 61.6 Å². The maximum absolute atomic E-state index is 13.4. The topological polar surface area (TPSA) is 127 Å². The highest BCUT2D eigenvalue weighted by Gasteiger charge is 2.47. The van der Waals surface area contributed by atoms with E-state index in [0.29, 0.717) is 12.6 Å². The Morgan fingerprint density at radius 3 is 2.63 bits per heavy atom. The summed E-state index contributed by atoms with van der Waals surface area (Å²) >= 11 is 0. The van der Waals surface area contributed by atoms with Crippen LogP contribution >= 0.6 is 0 Å². The van der Waals surface area contributed by atoms with Crippen LogP contribution in [0.3, 0.4) is 0 Å². The molecule has 0 unspecified atom stereocenters. The Kier molecular flexibility index (Phi) is 7.16. The first-order chi connectivity index (χ1) is 19.6. The Hall–Kier alpha value is -3.62. The number of hydrogen-bond acceptors (Lipinski definition) is 9. The van der Waals surface area contributed by atoms with Gasteiger partial charge in [0.2, 0.25) is 11.7 Å². The SMILES string of the molecule is CN(C)Cc1cc(O[C@H]2CC[C@@H](N3CC(CN)(n4cc(-c5ncnc6[nH]ccc56)cn4)C3)CC2)nc(C(F)(F)F)n1. The molecule has 6 rings (SSSR count). The van der Waals surface area contributed by atoms with Gasteiger partial charge in [-0.3, -0.25) is 9.58 Å². The molecular weight excluding hydrogens is 537 g/mol. The van der Waals surface area contributed by atoms with Crippen LogP contribution in [0, 0.1) is 0 Å². The smallest absolute Gasteiger partial charge is 0.451 e. The number of nitrogens with two attached hydrogens (primary N) is 1. The fraction of sp³-hybridized carbons (Fsp3) is 0.519. The van der Waals surface area contributed by atoms with Gasteiger partial charge < -0.3 is 20.4 Å². The number of aromatic amines is 1. The van der Waals surface area contributed by atoms with Crippen molar-refractivity contribution < 1.29 is 17.9 Å². The van der Waals surface area contributed by atoms with Gasteiger partial charge in [0.1, 0.15) is 23.6 Å². The van der Waals surface area contributed by atoms with E-state index in [2.05, 4.69) is 34.9 Å². The summed E-state index contributed by atoms with van der Waals surface area (Å²) in [5.74, 6) is -1.19. The van der Waals surface area contributed by atoms with Crippen LogP contribution in [0.2, 0.25) is 0 Å². The zero-order valence-corrected chi connectivity index (χ0v) is 23.0. The average Bonchev–Trinajstić information content (AvgIpc) is 3.59. The van der Waals surface area contributed by atoms with E-state index in [-0.39, 0.29) is 29.8 Å². The predicted octanol–water partition coefficient (Wildman–Crippen LogP) is 3.05. The molecule has 0 spiro atoms. The number of alkyl halides is 3. The van der Waals surface area contributed by atoms with Crippen molar-refractivity contribution in [2.75, 3.05) is 33.7 Å². The third kappa shape index (κ3) is 5.51. The summed E-state index contributed by atoms with van der Waals surface area (Å²) in [4.78, 5) is 23.4. The molecule has 0 bridgehead atoms. The Labute approximate surface area is 234 Å². The van der Waals surface area contributed by atoms with E-state index < -0.39 is 12.0 Å². The fourth-order valence-electron chi connectivity index (χ4n) is 5.91. The van der Waals surface area contributed by atoms with Crippen molar-refractivity contribution in [3.05, 3.63) is 48.6 Å². The van der Waals surface area contributed by atoms with Crippen LogP contribution in [0.15, 0.2) is 37.1 Å². The van der Waals surface area contributed by atoms with Gasteiger partial charge in [-0.05, 0) is 45.8 Å². The Morgan fingerprint density at radius 1 is 1.15 bits per heavy atom. The lowest BCUT2D eigenvalue weighted by Crippen LogP contribution is -2.68. The normalized spacial score (nSPS) is 21.3. The zero-order chi connectivity index (χ0) is 28.8. The molecule has 0 radical (unpaired) electrons. The summed E-state index contributed by atoms with van der Waals surface area (Å²) in [5.41, 5.74) is 8.76. The molecule has 3 N–H and O–H groups in total. The van der Waals surface area contributed by atoms with Gasteiger partial charge in [-0.25, -0.2) is 15.0 Å². The van der Waals surface area contributed by atoms with Crippen molar-refractivity contribution in [2.24, 2.45) is 5.73 Å². The van der Waals surface area contributed by atoms with Gasteiger partial charge in [-0.15, -0.1) is 0 Å². The van der Waals surface area contributed by atoms with Crippen LogP contribution < -0.4 is 10.5 Å². The van der Waals surface area contributed by atoms with E-state index >= 15 is 0 Å². The molecular formula is C27H33F3N10O. The third-order valence-corrected chi connectivity index (χ3v) is 8.01. The number of likely N-dealkylation sites (tertiary alicyclic amines) is 1. The molecule has 0 aromatic carbocycles. The van der Waals surface area contributed by atoms with Crippen molar-refractivity contribution in [1.82, 2.24) is 44.5 Å². The summed E-state index contributed by atoms with van der Waals surface area (Å²) in [6, 6.07) is 3.81. The van der Waals surface area contributed by atoms with Gasteiger partial charge in [0.15, 0.2) is 0 Å². The number of nitrogens with one attached hydrogen (secondary N) is 1. The van der Waals surface area contributed by atoms with Gasteiger partial charge in [0.05, 0.1) is 17.6 Å². The summed E-state index contributed by atoms with van der Waals surface area (Å²) in [5, 5.41) is 5.60. The maximum Gasteiger partial charge on any atom is 0.451 e. The molecule has 1 aliphatic carbocycles. The van der Waals surface area contributed by atoms with Gasteiger partial charge in [-0.2, -0.15) is 23.3 Å². The van der Waals surface area contributed by atoms with Crippen molar-refractivity contribution in [3.63, 3.8) is 0 Å².